The molecule has 2 aliphatic heterocycles. The number of carbonyl (C=O) groups is 2. The Morgan fingerprint density at radius 2 is 1.94 bits per heavy atom. The average Bonchev–Trinajstić information content (AvgIpc) is 3.34. The van der Waals surface area contributed by atoms with Gasteiger partial charge in [0.1, 0.15) is 23.0 Å². The predicted octanol–water partition coefficient (Wildman–Crippen LogP) is 7.86. The first kappa shape index (κ1) is 44.0. The monoisotopic (exact) mass is 784 g/mol. The molecule has 54 heavy (non-hydrogen) atoms. The van der Waals surface area contributed by atoms with E-state index in [0.717, 1.165) is 74.5 Å². The van der Waals surface area contributed by atoms with Crippen molar-refractivity contribution in [1.29, 1.82) is 0 Å². The van der Waals surface area contributed by atoms with E-state index in [1.807, 2.05) is 39.2 Å². The molecule has 1 aliphatic carbocycles. The van der Waals surface area contributed by atoms with Gasteiger partial charge in [-0.2, -0.15) is 0 Å². The molecule has 5 unspecified atom stereocenters. The van der Waals surface area contributed by atoms with E-state index in [-0.39, 0.29) is 29.2 Å². The summed E-state index contributed by atoms with van der Waals surface area (Å²) in [5, 5.41) is 0.586. The molecule has 0 radical (unpaired) electrons. The fraction of sp³-hybridized carbons (Fsp3) is 0.628. The molecule has 2 heterocycles. The fourth-order valence-corrected chi connectivity index (χ4v) is 9.10. The number of nitrogens with zero attached hydrogens (tertiary/aromatic N) is 2. The van der Waals surface area contributed by atoms with E-state index >= 15 is 0 Å². The molecule has 3 N–H and O–H groups in total. The van der Waals surface area contributed by atoms with E-state index < -0.39 is 11.0 Å². The molecule has 300 valence electrons. The van der Waals surface area contributed by atoms with Gasteiger partial charge in [0.15, 0.2) is 0 Å². The zero-order valence-electron chi connectivity index (χ0n) is 33.5. The van der Waals surface area contributed by atoms with E-state index in [1.54, 1.807) is 6.07 Å². The number of nitrogens with two attached hydrogens (primary N) is 1. The van der Waals surface area contributed by atoms with Crippen LogP contribution in [0.3, 0.4) is 0 Å². The summed E-state index contributed by atoms with van der Waals surface area (Å²) in [7, 11) is 2.73. The first-order valence-electron chi connectivity index (χ1n) is 20.1. The van der Waals surface area contributed by atoms with Crippen molar-refractivity contribution in [3.8, 4) is 5.75 Å². The molecular formula is C43H65ClN4O5S. The number of hydrogen-bond acceptors (Lipinski definition) is 8. The first-order valence-corrected chi connectivity index (χ1v) is 21.7. The van der Waals surface area contributed by atoms with Gasteiger partial charge in [-0.15, -0.1) is 0 Å². The Hall–Kier alpha value is -2.76. The number of fused-ring (bicyclic) bond motifs is 1. The number of halogens is 1. The van der Waals surface area contributed by atoms with E-state index in [4.69, 9.17) is 25.9 Å². The predicted molar refractivity (Wildman–Crippen MR) is 223 cm³/mol. The highest BCUT2D eigenvalue weighted by molar-refractivity contribution is 7.84. The number of benzene rings is 2. The van der Waals surface area contributed by atoms with Crippen molar-refractivity contribution < 1.29 is 23.3 Å². The summed E-state index contributed by atoms with van der Waals surface area (Å²) in [5.41, 5.74) is 8.30. The van der Waals surface area contributed by atoms with Crippen LogP contribution in [0, 0.1) is 11.8 Å². The minimum absolute atomic E-state index is 0.125. The number of aryl methyl sites for hydroxylation is 1. The second kappa shape index (κ2) is 21.5. The number of hydrogen-bond donors (Lipinski definition) is 2. The van der Waals surface area contributed by atoms with Crippen LogP contribution in [-0.4, -0.2) is 85.1 Å². The maximum absolute atomic E-state index is 13.3. The Kier molecular flexibility index (Phi) is 17.5. The Morgan fingerprint density at radius 3 is 2.57 bits per heavy atom. The minimum Gasteiger partial charge on any atom is -0.491 e. The van der Waals surface area contributed by atoms with Gasteiger partial charge in [0.05, 0.1) is 17.9 Å². The zero-order valence-corrected chi connectivity index (χ0v) is 35.1. The van der Waals surface area contributed by atoms with Crippen molar-refractivity contribution in [2.24, 2.45) is 17.6 Å². The lowest BCUT2D eigenvalue weighted by molar-refractivity contribution is -0.106. The number of amides is 1. The van der Waals surface area contributed by atoms with Gasteiger partial charge in [0.25, 0.3) is 5.91 Å². The summed E-state index contributed by atoms with van der Waals surface area (Å²) >= 11 is 6.49. The number of aldehydes is 1. The van der Waals surface area contributed by atoms with Crippen molar-refractivity contribution in [3.05, 3.63) is 70.3 Å². The van der Waals surface area contributed by atoms with Crippen LogP contribution in [0.2, 0.25) is 5.02 Å². The van der Waals surface area contributed by atoms with Gasteiger partial charge >= 0.3 is 0 Å². The van der Waals surface area contributed by atoms with Crippen LogP contribution in [0.4, 0.5) is 5.69 Å². The lowest BCUT2D eigenvalue weighted by atomic mass is 9.62. The van der Waals surface area contributed by atoms with Gasteiger partial charge in [0.2, 0.25) is 0 Å². The van der Waals surface area contributed by atoms with Gasteiger partial charge in [-0.05, 0) is 132 Å². The molecule has 6 atom stereocenters. The van der Waals surface area contributed by atoms with Crippen LogP contribution in [0.5, 0.6) is 5.75 Å². The molecule has 1 amide bonds. The van der Waals surface area contributed by atoms with E-state index in [2.05, 4.69) is 65.4 Å². The van der Waals surface area contributed by atoms with E-state index in [1.165, 1.54) is 36.9 Å². The number of likely N-dealkylation sites (tertiary alicyclic amines) is 1. The lowest BCUT2D eigenvalue weighted by Crippen LogP contribution is -2.52. The summed E-state index contributed by atoms with van der Waals surface area (Å²) in [5.74, 6) is 1.38. The molecule has 11 heteroatoms. The standard InChI is InChI=1S/C41H60ClN3O4S.C2H5NO/c1-7-9-21-41(48-6,22-20-35-13-10-11-23-44(35)5)37-18-14-32(37)26-45-27-33(36-17-16-34(42)24-30(36)12-8-2)28-49-39-19-15-31(25-38(39)45)40(46)43-50(47)29(3)4;3-1-2-4/h9,15-17,19,21,24-25,29,32-33,35,37H,7-8,10-14,18,20,22-23,26-28H2,1-6H3,(H,43,46);2H,1,3H2/b21-9+;/t32?,33?,35?,37?,41-,50?;/m1./s1. The molecule has 1 saturated carbocycles. The Labute approximate surface area is 332 Å². The summed E-state index contributed by atoms with van der Waals surface area (Å²) < 4.78 is 28.4. The molecule has 1 saturated heterocycles. The van der Waals surface area contributed by atoms with E-state index in [9.17, 15) is 9.00 Å². The highest BCUT2D eigenvalue weighted by Gasteiger charge is 2.47. The normalized spacial score (nSPS) is 23.2. The van der Waals surface area contributed by atoms with Crippen LogP contribution in [-0.2, 0) is 26.9 Å². The van der Waals surface area contributed by atoms with Gasteiger partial charge < -0.3 is 29.8 Å². The molecule has 2 fully saturated rings. The number of nitrogens with one attached hydrogen (secondary N) is 1. The van der Waals surface area contributed by atoms with Crippen LogP contribution in [0.15, 0.2) is 48.6 Å². The van der Waals surface area contributed by atoms with Crippen molar-refractivity contribution >= 4 is 40.5 Å². The van der Waals surface area contributed by atoms with Gasteiger partial charge in [0, 0.05) is 54.5 Å². The summed E-state index contributed by atoms with van der Waals surface area (Å²) in [6, 6.07) is 12.5. The van der Waals surface area contributed by atoms with Crippen molar-refractivity contribution in [2.45, 2.75) is 115 Å². The molecule has 0 spiro atoms. The number of anilines is 1. The number of allylic oxidation sites excluding steroid dienone is 1. The van der Waals surface area contributed by atoms with Gasteiger partial charge in [-0.1, -0.05) is 56.5 Å². The number of rotatable bonds is 16. The second-order valence-corrected chi connectivity index (χ2v) is 17.6. The number of methoxy groups -OCH3 is 1. The summed E-state index contributed by atoms with van der Waals surface area (Å²) in [4.78, 5) is 27.4. The third-order valence-corrected chi connectivity index (χ3v) is 13.0. The molecule has 2 aromatic carbocycles. The fourth-order valence-electron chi connectivity index (χ4n) is 8.37. The minimum atomic E-state index is -1.46. The van der Waals surface area contributed by atoms with Crippen molar-refractivity contribution in [1.82, 2.24) is 9.62 Å². The highest BCUT2D eigenvalue weighted by Crippen LogP contribution is 2.49. The van der Waals surface area contributed by atoms with Gasteiger partial charge in [-0.25, -0.2) is 4.21 Å². The van der Waals surface area contributed by atoms with Crippen LogP contribution in [0.25, 0.3) is 0 Å². The molecular weight excluding hydrogens is 720 g/mol. The lowest BCUT2D eigenvalue weighted by Gasteiger charge is -2.50. The zero-order chi connectivity index (χ0) is 39.3. The largest absolute Gasteiger partial charge is 0.491 e. The quantitative estimate of drug-likeness (QED) is 0.131. The molecule has 2 aromatic rings. The van der Waals surface area contributed by atoms with Gasteiger partial charge in [-0.3, -0.25) is 9.52 Å². The second-order valence-electron chi connectivity index (χ2n) is 15.5. The van der Waals surface area contributed by atoms with Crippen molar-refractivity contribution in [3.63, 3.8) is 0 Å². The van der Waals surface area contributed by atoms with Crippen molar-refractivity contribution in [2.75, 3.05) is 51.8 Å². The van der Waals surface area contributed by atoms with Crippen LogP contribution in [0.1, 0.15) is 113 Å². The van der Waals surface area contributed by atoms with Crippen LogP contribution < -0.4 is 20.1 Å². The summed E-state index contributed by atoms with van der Waals surface area (Å²) in [6.45, 7) is 11.5. The maximum atomic E-state index is 13.3. The SMILES string of the molecule is CC/C=C/[C@](CCC1CCCCN1C)(OC)C1CCC1CN1CC(c2ccc(Cl)cc2CCC)COc2ccc(C(=O)NS(=O)C(C)C)cc21.NCC=O. The van der Waals surface area contributed by atoms with Crippen LogP contribution >= 0.6 is 11.6 Å². The molecule has 3 aliphatic rings. The molecule has 5 rings (SSSR count). The third kappa shape index (κ3) is 11.4. The smallest absolute Gasteiger partial charge is 0.263 e. The Balaban J connectivity index is 0.00000155. The summed E-state index contributed by atoms with van der Waals surface area (Å²) in [6.07, 6.45) is 16.6. The Bertz CT molecular complexity index is 1570. The average molecular weight is 786 g/mol. The maximum Gasteiger partial charge on any atom is 0.263 e. The third-order valence-electron chi connectivity index (χ3n) is 11.5. The first-order chi connectivity index (χ1) is 26.0. The Morgan fingerprint density at radius 1 is 1.17 bits per heavy atom. The molecule has 0 bridgehead atoms. The number of ether oxygens (including phenoxy) is 2. The number of carbonyl (C=O) groups excluding carboxylic acids is 2. The number of piperidine rings is 1. The highest BCUT2D eigenvalue weighted by atomic mass is 35.5. The molecule has 9 nitrogen and oxygen atoms in total. The molecule has 0 aromatic heterocycles. The van der Waals surface area contributed by atoms with E-state index in [0.29, 0.717) is 36.3 Å². The topological polar surface area (TPSA) is 114 Å².